The molecule has 0 aliphatic carbocycles. The third-order valence-electron chi connectivity index (χ3n) is 2.04. The largest absolute Gasteiger partial charge is 0.366 e. The second kappa shape index (κ2) is 4.21. The number of carbonyl (C=O) groups excluding carboxylic acids is 2. The Bertz CT molecular complexity index is 413. The van der Waals surface area contributed by atoms with Gasteiger partial charge in [0, 0.05) is 11.5 Å². The molecule has 15 heavy (non-hydrogen) atoms. The molecule has 80 valence electrons. The first-order valence-electron chi connectivity index (χ1n) is 4.57. The van der Waals surface area contributed by atoms with Gasteiger partial charge in [-0.15, -0.1) is 0 Å². The maximum Gasteiger partial charge on any atom is 0.248 e. The van der Waals surface area contributed by atoms with Crippen molar-refractivity contribution in [2.24, 2.45) is 11.7 Å². The van der Waals surface area contributed by atoms with Crippen molar-refractivity contribution in [1.82, 2.24) is 0 Å². The molecule has 1 aromatic carbocycles. The van der Waals surface area contributed by atoms with E-state index in [0.29, 0.717) is 0 Å². The van der Waals surface area contributed by atoms with Crippen LogP contribution < -0.4 is 5.73 Å². The molecule has 0 atom stereocenters. The first-order chi connectivity index (χ1) is 6.93. The molecule has 0 bridgehead atoms. The zero-order chi connectivity index (χ0) is 11.6. The van der Waals surface area contributed by atoms with Crippen molar-refractivity contribution in [3.05, 3.63) is 35.1 Å². The number of primary amides is 1. The highest BCUT2D eigenvalue weighted by molar-refractivity contribution is 5.99. The fourth-order valence-electron chi connectivity index (χ4n) is 1.18. The molecular weight excluding hydrogens is 197 g/mol. The van der Waals surface area contributed by atoms with E-state index in [9.17, 15) is 14.0 Å². The topological polar surface area (TPSA) is 60.2 Å². The Morgan fingerprint density at radius 1 is 1.33 bits per heavy atom. The Morgan fingerprint density at radius 3 is 2.33 bits per heavy atom. The molecule has 1 amide bonds. The number of hydrogen-bond acceptors (Lipinski definition) is 2. The zero-order valence-corrected chi connectivity index (χ0v) is 8.58. The summed E-state index contributed by atoms with van der Waals surface area (Å²) in [7, 11) is 0. The van der Waals surface area contributed by atoms with Crippen LogP contribution in [-0.4, -0.2) is 11.7 Å². The lowest BCUT2D eigenvalue weighted by Gasteiger charge is -2.06. The van der Waals surface area contributed by atoms with Crippen LogP contribution in [0.5, 0.6) is 0 Å². The summed E-state index contributed by atoms with van der Waals surface area (Å²) in [5.41, 5.74) is 5.04. The van der Waals surface area contributed by atoms with Gasteiger partial charge in [-0.2, -0.15) is 0 Å². The average Bonchev–Trinajstić information content (AvgIpc) is 2.16. The Kier molecular flexibility index (Phi) is 3.19. The van der Waals surface area contributed by atoms with Crippen LogP contribution in [0, 0.1) is 11.7 Å². The minimum atomic E-state index is -0.711. The molecule has 0 saturated heterocycles. The summed E-state index contributed by atoms with van der Waals surface area (Å²) < 4.78 is 13.4. The van der Waals surface area contributed by atoms with Gasteiger partial charge in [-0.3, -0.25) is 9.59 Å². The molecule has 0 radical (unpaired) electrons. The molecule has 4 heteroatoms. The van der Waals surface area contributed by atoms with Crippen molar-refractivity contribution < 1.29 is 14.0 Å². The molecule has 0 spiro atoms. The van der Waals surface area contributed by atoms with Gasteiger partial charge in [-0.1, -0.05) is 13.8 Å². The molecule has 0 heterocycles. The molecule has 1 rings (SSSR count). The van der Waals surface area contributed by atoms with E-state index < -0.39 is 11.7 Å². The lowest BCUT2D eigenvalue weighted by Crippen LogP contribution is -2.14. The maximum atomic E-state index is 13.4. The van der Waals surface area contributed by atoms with Gasteiger partial charge in [0.05, 0.1) is 5.56 Å². The molecule has 0 saturated carbocycles. The monoisotopic (exact) mass is 209 g/mol. The fraction of sp³-hybridized carbons (Fsp3) is 0.273. The number of hydrogen-bond donors (Lipinski definition) is 1. The summed E-state index contributed by atoms with van der Waals surface area (Å²) in [5, 5.41) is 0. The molecule has 0 fully saturated rings. The lowest BCUT2D eigenvalue weighted by molar-refractivity contribution is 0.0933. The average molecular weight is 209 g/mol. The summed E-state index contributed by atoms with van der Waals surface area (Å²) in [5.74, 6) is -1.98. The van der Waals surface area contributed by atoms with Crippen LogP contribution in [0.25, 0.3) is 0 Å². The van der Waals surface area contributed by atoms with Crippen LogP contribution in [0.1, 0.15) is 34.6 Å². The van der Waals surface area contributed by atoms with E-state index in [2.05, 4.69) is 0 Å². The van der Waals surface area contributed by atoms with Crippen molar-refractivity contribution >= 4 is 11.7 Å². The summed E-state index contributed by atoms with van der Waals surface area (Å²) in [6, 6.07) is 3.62. The minimum absolute atomic E-state index is 0.00463. The fourth-order valence-corrected chi connectivity index (χ4v) is 1.18. The zero-order valence-electron chi connectivity index (χ0n) is 8.58. The van der Waals surface area contributed by atoms with Crippen molar-refractivity contribution in [3.8, 4) is 0 Å². The van der Waals surface area contributed by atoms with E-state index in [0.717, 1.165) is 6.07 Å². The number of Topliss-reactive ketones (excluding diaryl/α,β-unsaturated/α-hetero) is 1. The van der Waals surface area contributed by atoms with E-state index in [1.807, 2.05) is 0 Å². The van der Waals surface area contributed by atoms with E-state index >= 15 is 0 Å². The van der Waals surface area contributed by atoms with Crippen LogP contribution in [-0.2, 0) is 0 Å². The highest BCUT2D eigenvalue weighted by Crippen LogP contribution is 2.14. The second-order valence-corrected chi connectivity index (χ2v) is 3.58. The molecule has 0 aliphatic rings. The Labute approximate surface area is 87.1 Å². The van der Waals surface area contributed by atoms with Gasteiger partial charge in [-0.05, 0) is 18.2 Å². The van der Waals surface area contributed by atoms with Gasteiger partial charge in [0.2, 0.25) is 5.91 Å². The van der Waals surface area contributed by atoms with Gasteiger partial charge < -0.3 is 5.73 Å². The van der Waals surface area contributed by atoms with Crippen LogP contribution in [0.2, 0.25) is 0 Å². The van der Waals surface area contributed by atoms with Gasteiger partial charge in [-0.25, -0.2) is 4.39 Å². The summed E-state index contributed by atoms with van der Waals surface area (Å²) >= 11 is 0. The number of rotatable bonds is 3. The van der Waals surface area contributed by atoms with Gasteiger partial charge in [0.15, 0.2) is 5.78 Å². The second-order valence-electron chi connectivity index (χ2n) is 3.58. The Hall–Kier alpha value is -1.71. The summed E-state index contributed by atoms with van der Waals surface area (Å²) in [4.78, 5) is 22.2. The van der Waals surface area contributed by atoms with E-state index in [1.54, 1.807) is 13.8 Å². The molecule has 0 unspecified atom stereocenters. The third-order valence-corrected chi connectivity index (χ3v) is 2.04. The predicted octanol–water partition coefficient (Wildman–Crippen LogP) is 1.76. The van der Waals surface area contributed by atoms with Gasteiger partial charge >= 0.3 is 0 Å². The molecular formula is C11H12FNO2. The molecule has 2 N–H and O–H groups in total. The Morgan fingerprint density at radius 2 is 1.93 bits per heavy atom. The smallest absolute Gasteiger partial charge is 0.248 e. The van der Waals surface area contributed by atoms with E-state index in [4.69, 9.17) is 5.73 Å². The number of carbonyl (C=O) groups is 2. The molecule has 0 aromatic heterocycles. The van der Waals surface area contributed by atoms with Gasteiger partial charge in [0.1, 0.15) is 5.82 Å². The number of benzene rings is 1. The van der Waals surface area contributed by atoms with Crippen molar-refractivity contribution in [2.75, 3.05) is 0 Å². The van der Waals surface area contributed by atoms with E-state index in [-0.39, 0.29) is 22.8 Å². The van der Waals surface area contributed by atoms with Crippen molar-refractivity contribution in [3.63, 3.8) is 0 Å². The first-order valence-corrected chi connectivity index (χ1v) is 4.57. The van der Waals surface area contributed by atoms with E-state index in [1.165, 1.54) is 12.1 Å². The summed E-state index contributed by atoms with van der Waals surface area (Å²) in [6.45, 7) is 3.37. The van der Waals surface area contributed by atoms with Crippen molar-refractivity contribution in [1.29, 1.82) is 0 Å². The van der Waals surface area contributed by atoms with Crippen LogP contribution in [0.3, 0.4) is 0 Å². The molecule has 0 aliphatic heterocycles. The number of nitrogens with two attached hydrogens (primary N) is 1. The molecule has 1 aromatic rings. The summed E-state index contributed by atoms with van der Waals surface area (Å²) in [6.07, 6.45) is 0. The minimum Gasteiger partial charge on any atom is -0.366 e. The number of halogens is 1. The number of amides is 1. The maximum absolute atomic E-state index is 13.4. The predicted molar refractivity (Wildman–Crippen MR) is 54.1 cm³/mol. The van der Waals surface area contributed by atoms with Crippen molar-refractivity contribution in [2.45, 2.75) is 13.8 Å². The Balaban J connectivity index is 3.14. The lowest BCUT2D eigenvalue weighted by atomic mass is 9.99. The first kappa shape index (κ1) is 11.4. The third kappa shape index (κ3) is 2.40. The quantitative estimate of drug-likeness (QED) is 0.771. The highest BCUT2D eigenvalue weighted by atomic mass is 19.1. The van der Waals surface area contributed by atoms with Crippen LogP contribution >= 0.6 is 0 Å². The van der Waals surface area contributed by atoms with Crippen LogP contribution in [0.4, 0.5) is 4.39 Å². The van der Waals surface area contributed by atoms with Crippen LogP contribution in [0.15, 0.2) is 18.2 Å². The highest BCUT2D eigenvalue weighted by Gasteiger charge is 2.16. The number of ketones is 1. The molecule has 3 nitrogen and oxygen atoms in total. The standard InChI is InChI=1S/C11H12FNO2/c1-6(2)10(14)8-4-3-7(11(13)15)5-9(8)12/h3-6H,1-2H3,(H2,13,15). The van der Waals surface area contributed by atoms with Gasteiger partial charge in [0.25, 0.3) is 0 Å². The normalized spacial score (nSPS) is 10.4. The SMILES string of the molecule is CC(C)C(=O)c1ccc(C(N)=O)cc1F.